The van der Waals surface area contributed by atoms with Crippen molar-refractivity contribution in [2.75, 3.05) is 0 Å². The molecule has 0 N–H and O–H groups in total. The second kappa shape index (κ2) is 5.81. The summed E-state index contributed by atoms with van der Waals surface area (Å²) >= 11 is 5.68. The number of nitrogens with zero attached hydrogens (tertiary/aromatic N) is 4. The minimum Gasteiger partial charge on any atom is -0.323 e. The van der Waals surface area contributed by atoms with Crippen LogP contribution in [0.1, 0.15) is 25.7 Å². The molecule has 0 aliphatic rings. The number of imidazole rings is 1. The second-order valence-electron chi connectivity index (χ2n) is 5.29. The van der Waals surface area contributed by atoms with Crippen LogP contribution in [0.4, 0.5) is 13.2 Å². The van der Waals surface area contributed by atoms with E-state index in [9.17, 15) is 13.2 Å². The molecule has 0 saturated heterocycles. The molecule has 3 rings (SSSR count). The first-order chi connectivity index (χ1) is 10.9. The Bertz CT molecular complexity index is 892. The Morgan fingerprint density at radius 3 is 2.57 bits per heavy atom. The number of benzene rings is 1. The average Bonchev–Trinajstić information content (AvgIpc) is 2.89. The number of rotatable bonds is 3. The second-order valence-corrected chi connectivity index (χ2v) is 5.62. The number of fused-ring (bicyclic) bond motifs is 1. The fourth-order valence-corrected chi connectivity index (χ4v) is 2.69. The Kier molecular flexibility index (Phi) is 3.97. The van der Waals surface area contributed by atoms with E-state index in [1.165, 1.54) is 6.07 Å². The van der Waals surface area contributed by atoms with E-state index in [0.717, 1.165) is 12.3 Å². The zero-order valence-corrected chi connectivity index (χ0v) is 13.1. The predicted molar refractivity (Wildman–Crippen MR) is 80.9 cm³/mol. The standard InChI is InChI=1S/C15H12ClF3N4/c1-7(2)23-11-4-8(13-10(19)6-20-15(16)22-13)3-9(18)14(11)21-12(23)5-17/h3-4,6-7H,5H2,1-2H3. The van der Waals surface area contributed by atoms with E-state index in [1.54, 1.807) is 4.57 Å². The van der Waals surface area contributed by atoms with Gasteiger partial charge in [-0.05, 0) is 37.6 Å². The molecule has 3 aromatic rings. The summed E-state index contributed by atoms with van der Waals surface area (Å²) < 4.78 is 43.0. The Morgan fingerprint density at radius 1 is 1.17 bits per heavy atom. The monoisotopic (exact) mass is 340 g/mol. The minimum atomic E-state index is -0.824. The summed E-state index contributed by atoms with van der Waals surface area (Å²) in [5.74, 6) is -1.29. The van der Waals surface area contributed by atoms with E-state index in [-0.39, 0.29) is 33.9 Å². The summed E-state index contributed by atoms with van der Waals surface area (Å²) in [6, 6.07) is 2.48. The molecule has 2 aromatic heterocycles. The van der Waals surface area contributed by atoms with Gasteiger partial charge in [0.1, 0.15) is 23.7 Å². The summed E-state index contributed by atoms with van der Waals surface area (Å²) in [5, 5.41) is -0.149. The Morgan fingerprint density at radius 2 is 1.91 bits per heavy atom. The number of hydrogen-bond acceptors (Lipinski definition) is 3. The van der Waals surface area contributed by atoms with Crippen LogP contribution in [0.2, 0.25) is 5.28 Å². The quantitative estimate of drug-likeness (QED) is 0.660. The van der Waals surface area contributed by atoms with Gasteiger partial charge in [0.15, 0.2) is 11.6 Å². The SMILES string of the molecule is CC(C)n1c(CF)nc2c(F)cc(-c3nc(Cl)ncc3F)cc21. The van der Waals surface area contributed by atoms with Crippen LogP contribution in [-0.4, -0.2) is 19.5 Å². The van der Waals surface area contributed by atoms with E-state index < -0.39 is 18.3 Å². The highest BCUT2D eigenvalue weighted by Gasteiger charge is 2.19. The van der Waals surface area contributed by atoms with Gasteiger partial charge in [0.2, 0.25) is 5.28 Å². The van der Waals surface area contributed by atoms with Crippen LogP contribution in [0.25, 0.3) is 22.3 Å². The average molecular weight is 341 g/mol. The van der Waals surface area contributed by atoms with Crippen molar-refractivity contribution >= 4 is 22.6 Å². The molecule has 0 aliphatic carbocycles. The molecule has 23 heavy (non-hydrogen) atoms. The zero-order chi connectivity index (χ0) is 16.7. The van der Waals surface area contributed by atoms with Gasteiger partial charge in [-0.1, -0.05) is 0 Å². The topological polar surface area (TPSA) is 43.6 Å². The maximum Gasteiger partial charge on any atom is 0.223 e. The third-order valence-corrected chi connectivity index (χ3v) is 3.63. The molecule has 0 fully saturated rings. The normalized spacial score (nSPS) is 11.6. The van der Waals surface area contributed by atoms with Crippen LogP contribution >= 0.6 is 11.6 Å². The van der Waals surface area contributed by atoms with Gasteiger partial charge in [-0.3, -0.25) is 0 Å². The third kappa shape index (κ3) is 2.65. The van der Waals surface area contributed by atoms with E-state index in [1.807, 2.05) is 13.8 Å². The van der Waals surface area contributed by atoms with Crippen molar-refractivity contribution in [2.24, 2.45) is 0 Å². The fourth-order valence-electron chi connectivity index (χ4n) is 2.56. The molecule has 120 valence electrons. The lowest BCUT2D eigenvalue weighted by atomic mass is 10.1. The maximum absolute atomic E-state index is 14.4. The van der Waals surface area contributed by atoms with Gasteiger partial charge in [0.25, 0.3) is 0 Å². The molecular formula is C15H12ClF3N4. The Balaban J connectivity index is 2.32. The van der Waals surface area contributed by atoms with E-state index in [0.29, 0.717) is 5.52 Å². The maximum atomic E-state index is 14.4. The molecule has 0 atom stereocenters. The summed E-state index contributed by atoms with van der Waals surface area (Å²) in [4.78, 5) is 11.3. The highest BCUT2D eigenvalue weighted by atomic mass is 35.5. The van der Waals surface area contributed by atoms with Crippen LogP contribution in [0.15, 0.2) is 18.3 Å². The number of alkyl halides is 1. The molecule has 0 saturated carbocycles. The van der Waals surface area contributed by atoms with Crippen molar-refractivity contribution in [3.05, 3.63) is 41.1 Å². The molecule has 0 unspecified atom stereocenters. The molecule has 0 bridgehead atoms. The molecule has 2 heterocycles. The molecular weight excluding hydrogens is 329 g/mol. The number of halogens is 4. The van der Waals surface area contributed by atoms with Crippen LogP contribution < -0.4 is 0 Å². The minimum absolute atomic E-state index is 0.0376. The highest BCUT2D eigenvalue weighted by molar-refractivity contribution is 6.28. The largest absolute Gasteiger partial charge is 0.323 e. The molecule has 8 heteroatoms. The highest BCUT2D eigenvalue weighted by Crippen LogP contribution is 2.30. The summed E-state index contributed by atoms with van der Waals surface area (Å²) in [6.07, 6.45) is 0.916. The van der Waals surface area contributed by atoms with Crippen molar-refractivity contribution < 1.29 is 13.2 Å². The number of aromatic nitrogens is 4. The first kappa shape index (κ1) is 15.7. The zero-order valence-electron chi connectivity index (χ0n) is 12.3. The first-order valence-corrected chi connectivity index (χ1v) is 7.25. The molecule has 0 aliphatic heterocycles. The Hall–Kier alpha value is -2.15. The lowest BCUT2D eigenvalue weighted by Gasteiger charge is -2.12. The van der Waals surface area contributed by atoms with Gasteiger partial charge in [-0.25, -0.2) is 28.1 Å². The summed E-state index contributed by atoms with van der Waals surface area (Å²) in [7, 11) is 0. The molecule has 0 spiro atoms. The van der Waals surface area contributed by atoms with Crippen molar-refractivity contribution in [2.45, 2.75) is 26.6 Å². The summed E-state index contributed by atoms with van der Waals surface area (Å²) in [6.45, 7) is 2.83. The lowest BCUT2D eigenvalue weighted by Crippen LogP contribution is -2.05. The molecule has 0 amide bonds. The van der Waals surface area contributed by atoms with Crippen LogP contribution in [-0.2, 0) is 6.67 Å². The fraction of sp³-hybridized carbons (Fsp3) is 0.267. The van der Waals surface area contributed by atoms with Gasteiger partial charge in [-0.15, -0.1) is 0 Å². The van der Waals surface area contributed by atoms with E-state index in [4.69, 9.17) is 11.6 Å². The Labute approximate surface area is 135 Å². The van der Waals surface area contributed by atoms with Crippen molar-refractivity contribution in [1.29, 1.82) is 0 Å². The summed E-state index contributed by atoms with van der Waals surface area (Å²) in [5.41, 5.74) is 0.473. The third-order valence-electron chi connectivity index (χ3n) is 3.45. The van der Waals surface area contributed by atoms with E-state index >= 15 is 0 Å². The first-order valence-electron chi connectivity index (χ1n) is 6.87. The van der Waals surface area contributed by atoms with Gasteiger partial charge < -0.3 is 4.57 Å². The smallest absolute Gasteiger partial charge is 0.223 e. The predicted octanol–water partition coefficient (Wildman–Crippen LogP) is 4.48. The van der Waals surface area contributed by atoms with Crippen LogP contribution in [0, 0.1) is 11.6 Å². The van der Waals surface area contributed by atoms with Gasteiger partial charge >= 0.3 is 0 Å². The van der Waals surface area contributed by atoms with Crippen molar-refractivity contribution in [3.8, 4) is 11.3 Å². The van der Waals surface area contributed by atoms with Crippen molar-refractivity contribution in [3.63, 3.8) is 0 Å². The lowest BCUT2D eigenvalue weighted by molar-refractivity contribution is 0.437. The van der Waals surface area contributed by atoms with E-state index in [2.05, 4.69) is 15.0 Å². The van der Waals surface area contributed by atoms with Crippen molar-refractivity contribution in [1.82, 2.24) is 19.5 Å². The van der Waals surface area contributed by atoms with Gasteiger partial charge in [-0.2, -0.15) is 0 Å². The van der Waals surface area contributed by atoms with Gasteiger partial charge in [0, 0.05) is 11.6 Å². The number of hydrogen-bond donors (Lipinski definition) is 0. The van der Waals surface area contributed by atoms with Crippen LogP contribution in [0.3, 0.4) is 0 Å². The van der Waals surface area contributed by atoms with Gasteiger partial charge in [0.05, 0.1) is 11.7 Å². The molecule has 1 aromatic carbocycles. The molecule has 0 radical (unpaired) electrons. The molecule has 4 nitrogen and oxygen atoms in total. The van der Waals surface area contributed by atoms with Crippen LogP contribution in [0.5, 0.6) is 0 Å².